The molecule has 2 rings (SSSR count). The van der Waals surface area contributed by atoms with Gasteiger partial charge in [-0.05, 0) is 53.5 Å². The van der Waals surface area contributed by atoms with Gasteiger partial charge in [0.15, 0.2) is 6.61 Å². The lowest BCUT2D eigenvalue weighted by molar-refractivity contribution is -0.124. The normalized spacial score (nSPS) is 12.3. The molecule has 0 aliphatic rings. The molecule has 1 amide bonds. The van der Waals surface area contributed by atoms with Gasteiger partial charge in [0.05, 0.1) is 6.04 Å². The van der Waals surface area contributed by atoms with E-state index in [4.69, 9.17) is 4.74 Å². The van der Waals surface area contributed by atoms with E-state index in [-0.39, 0.29) is 18.6 Å². The molecule has 0 fully saturated rings. The highest BCUT2D eigenvalue weighted by Gasteiger charge is 2.19. The van der Waals surface area contributed by atoms with Gasteiger partial charge in [-0.1, -0.05) is 71.0 Å². The zero-order chi connectivity index (χ0) is 20.0. The lowest BCUT2D eigenvalue weighted by Crippen LogP contribution is -2.35. The Kier molecular flexibility index (Phi) is 7.46. The van der Waals surface area contributed by atoms with E-state index >= 15 is 0 Å². The summed E-state index contributed by atoms with van der Waals surface area (Å²) in [6.45, 7) is 12.7. The number of carbonyl (C=O) groups excluding carboxylic acids is 1. The van der Waals surface area contributed by atoms with Crippen molar-refractivity contribution in [3.05, 3.63) is 64.7 Å². The van der Waals surface area contributed by atoms with Crippen molar-refractivity contribution in [1.82, 2.24) is 5.32 Å². The maximum atomic E-state index is 12.6. The highest BCUT2D eigenvalue weighted by atomic mass is 16.5. The van der Waals surface area contributed by atoms with Gasteiger partial charge in [0, 0.05) is 0 Å². The van der Waals surface area contributed by atoms with Crippen molar-refractivity contribution in [3.63, 3.8) is 0 Å². The molecule has 0 saturated heterocycles. The van der Waals surface area contributed by atoms with Crippen LogP contribution in [0, 0.1) is 12.8 Å². The van der Waals surface area contributed by atoms with Crippen LogP contribution in [0.15, 0.2) is 42.5 Å². The molecule has 0 aromatic heterocycles. The highest BCUT2D eigenvalue weighted by Crippen LogP contribution is 2.27. The number of carbonyl (C=O) groups is 1. The zero-order valence-corrected chi connectivity index (χ0v) is 17.5. The van der Waals surface area contributed by atoms with Crippen molar-refractivity contribution < 1.29 is 9.53 Å². The van der Waals surface area contributed by atoms with Gasteiger partial charge in [0.1, 0.15) is 5.75 Å². The van der Waals surface area contributed by atoms with Crippen LogP contribution in [-0.2, 0) is 11.2 Å². The summed E-state index contributed by atoms with van der Waals surface area (Å²) < 4.78 is 5.88. The van der Waals surface area contributed by atoms with Crippen LogP contribution in [0.4, 0.5) is 0 Å². The minimum atomic E-state index is -0.0931. The quantitative estimate of drug-likeness (QED) is 0.662. The van der Waals surface area contributed by atoms with Crippen LogP contribution in [0.2, 0.25) is 0 Å². The summed E-state index contributed by atoms with van der Waals surface area (Å²) in [7, 11) is 0. The fourth-order valence-electron chi connectivity index (χ4n) is 3.20. The predicted octanol–water partition coefficient (Wildman–Crippen LogP) is 5.57. The van der Waals surface area contributed by atoms with Crippen LogP contribution in [0.25, 0.3) is 0 Å². The van der Waals surface area contributed by atoms with Crippen molar-refractivity contribution in [2.24, 2.45) is 5.92 Å². The fraction of sp³-hybridized carbons (Fsp3) is 0.458. The molecule has 3 nitrogen and oxygen atoms in total. The van der Waals surface area contributed by atoms with Gasteiger partial charge >= 0.3 is 0 Å². The van der Waals surface area contributed by atoms with E-state index in [9.17, 15) is 4.79 Å². The molecule has 1 N–H and O–H groups in total. The number of nitrogens with one attached hydrogen (secondary N) is 1. The minimum Gasteiger partial charge on any atom is -0.483 e. The van der Waals surface area contributed by atoms with Gasteiger partial charge in [-0.25, -0.2) is 0 Å². The largest absolute Gasteiger partial charge is 0.483 e. The molecule has 0 heterocycles. The number of hydrogen-bond acceptors (Lipinski definition) is 2. The summed E-state index contributed by atoms with van der Waals surface area (Å²) in [5, 5.41) is 3.14. The SMILES string of the molecule is CCc1ccc([C@H](NC(=O)COc2cc(C)ccc2C(C)C)C(C)C)cc1. The molecule has 0 radical (unpaired) electrons. The standard InChI is InChI=1S/C24H33NO2/c1-7-19-9-11-20(12-10-19)24(17(4)5)25-23(26)15-27-22-14-18(6)8-13-21(22)16(2)3/h8-14,16-17,24H,7,15H2,1-6H3,(H,25,26)/t24-/m1/s1. The average Bonchev–Trinajstić information content (AvgIpc) is 2.64. The zero-order valence-electron chi connectivity index (χ0n) is 17.5. The van der Waals surface area contributed by atoms with E-state index in [2.05, 4.69) is 76.3 Å². The van der Waals surface area contributed by atoms with Crippen LogP contribution >= 0.6 is 0 Å². The number of rotatable bonds is 8. The van der Waals surface area contributed by atoms with E-state index in [1.165, 1.54) is 5.56 Å². The molecule has 146 valence electrons. The van der Waals surface area contributed by atoms with Gasteiger partial charge < -0.3 is 10.1 Å². The first kappa shape index (κ1) is 21.0. The van der Waals surface area contributed by atoms with Crippen molar-refractivity contribution in [1.29, 1.82) is 0 Å². The Morgan fingerprint density at radius 3 is 2.26 bits per heavy atom. The second kappa shape index (κ2) is 9.59. The van der Waals surface area contributed by atoms with Crippen molar-refractivity contribution in [3.8, 4) is 5.75 Å². The lowest BCUT2D eigenvalue weighted by Gasteiger charge is -2.23. The van der Waals surface area contributed by atoms with Crippen LogP contribution in [-0.4, -0.2) is 12.5 Å². The lowest BCUT2D eigenvalue weighted by atomic mass is 9.95. The molecular formula is C24H33NO2. The van der Waals surface area contributed by atoms with Gasteiger partial charge in [0.25, 0.3) is 5.91 Å². The molecule has 27 heavy (non-hydrogen) atoms. The van der Waals surface area contributed by atoms with Gasteiger partial charge in [-0.15, -0.1) is 0 Å². The number of benzene rings is 2. The molecule has 0 saturated carbocycles. The smallest absolute Gasteiger partial charge is 0.258 e. The predicted molar refractivity (Wildman–Crippen MR) is 112 cm³/mol. The number of aryl methyl sites for hydroxylation is 2. The first-order valence-corrected chi connectivity index (χ1v) is 9.93. The molecular weight excluding hydrogens is 334 g/mol. The van der Waals surface area contributed by atoms with E-state index in [1.807, 2.05) is 13.0 Å². The van der Waals surface area contributed by atoms with Gasteiger partial charge in [0.2, 0.25) is 0 Å². The van der Waals surface area contributed by atoms with E-state index < -0.39 is 0 Å². The van der Waals surface area contributed by atoms with Crippen LogP contribution in [0.5, 0.6) is 5.75 Å². The second-order valence-corrected chi connectivity index (χ2v) is 7.87. The van der Waals surface area contributed by atoms with E-state index in [0.29, 0.717) is 11.8 Å². The Bertz CT molecular complexity index is 747. The molecule has 2 aromatic carbocycles. The summed E-state index contributed by atoms with van der Waals surface area (Å²) >= 11 is 0. The van der Waals surface area contributed by atoms with Gasteiger partial charge in [-0.2, -0.15) is 0 Å². The Labute approximate surface area is 164 Å². The molecule has 0 aliphatic heterocycles. The summed E-state index contributed by atoms with van der Waals surface area (Å²) in [5.74, 6) is 1.36. The molecule has 0 spiro atoms. The maximum Gasteiger partial charge on any atom is 0.258 e. The number of hydrogen-bond donors (Lipinski definition) is 1. The first-order valence-electron chi connectivity index (χ1n) is 9.93. The Morgan fingerprint density at radius 1 is 1.04 bits per heavy atom. The monoisotopic (exact) mass is 367 g/mol. The Balaban J connectivity index is 2.05. The van der Waals surface area contributed by atoms with E-state index in [1.54, 1.807) is 0 Å². The molecule has 1 atom stereocenters. The first-order chi connectivity index (χ1) is 12.8. The second-order valence-electron chi connectivity index (χ2n) is 7.87. The maximum absolute atomic E-state index is 12.6. The summed E-state index contributed by atoms with van der Waals surface area (Å²) in [6.07, 6.45) is 1.02. The van der Waals surface area contributed by atoms with Crippen molar-refractivity contribution in [2.75, 3.05) is 6.61 Å². The highest BCUT2D eigenvalue weighted by molar-refractivity contribution is 5.78. The van der Waals surface area contributed by atoms with Crippen molar-refractivity contribution >= 4 is 5.91 Å². The average molecular weight is 368 g/mol. The molecule has 0 bridgehead atoms. The van der Waals surface area contributed by atoms with Gasteiger partial charge in [-0.3, -0.25) is 4.79 Å². The molecule has 0 unspecified atom stereocenters. The third kappa shape index (κ3) is 5.85. The third-order valence-electron chi connectivity index (χ3n) is 4.88. The minimum absolute atomic E-state index is 0.0194. The number of amides is 1. The fourth-order valence-corrected chi connectivity index (χ4v) is 3.20. The number of ether oxygens (including phenoxy) is 1. The summed E-state index contributed by atoms with van der Waals surface area (Å²) in [4.78, 5) is 12.6. The third-order valence-corrected chi connectivity index (χ3v) is 4.88. The molecule has 2 aromatic rings. The van der Waals surface area contributed by atoms with Crippen molar-refractivity contribution in [2.45, 2.75) is 59.9 Å². The molecule has 3 heteroatoms. The Morgan fingerprint density at radius 2 is 1.70 bits per heavy atom. The van der Waals surface area contributed by atoms with Crippen LogP contribution in [0.1, 0.15) is 68.8 Å². The van der Waals surface area contributed by atoms with Crippen LogP contribution in [0.3, 0.4) is 0 Å². The van der Waals surface area contributed by atoms with E-state index in [0.717, 1.165) is 28.9 Å². The summed E-state index contributed by atoms with van der Waals surface area (Å²) in [6, 6.07) is 14.6. The molecule has 0 aliphatic carbocycles. The summed E-state index contributed by atoms with van der Waals surface area (Å²) in [5.41, 5.74) is 4.69. The Hall–Kier alpha value is -2.29. The van der Waals surface area contributed by atoms with Crippen LogP contribution < -0.4 is 10.1 Å². The topological polar surface area (TPSA) is 38.3 Å².